The summed E-state index contributed by atoms with van der Waals surface area (Å²) in [5.74, 6) is -0.512. The van der Waals surface area contributed by atoms with Gasteiger partial charge in [0.25, 0.3) is 0 Å². The van der Waals surface area contributed by atoms with E-state index in [4.69, 9.17) is 15.8 Å². The summed E-state index contributed by atoms with van der Waals surface area (Å²) in [6.07, 6.45) is -1.43. The van der Waals surface area contributed by atoms with E-state index in [-0.39, 0.29) is 51.4 Å². The van der Waals surface area contributed by atoms with Gasteiger partial charge in [0.05, 0.1) is 0 Å². The number of hydrogen-bond acceptors (Lipinski definition) is 3. The second-order valence-electron chi connectivity index (χ2n) is 0.987. The molecule has 0 bridgehead atoms. The molecule has 40 valence electrons. The normalized spacial score (nSPS) is 10.5. The van der Waals surface area contributed by atoms with Crippen LogP contribution >= 0.6 is 0 Å². The number of aliphatic hydroxyl groups excluding tert-OH is 1. The Bertz CT molecular complexity index is 118. The molecule has 8 heavy (non-hydrogen) atoms. The monoisotopic (exact) mass is 139 g/mol. The zero-order chi connectivity index (χ0) is 5.86. The third-order valence-corrected chi connectivity index (χ3v) is 0.417. The minimum atomic E-state index is -1.43. The van der Waals surface area contributed by atoms with Crippen molar-refractivity contribution >= 4 is 57.2 Å². The Morgan fingerprint density at radius 1 is 1.88 bits per heavy atom. The van der Waals surface area contributed by atoms with Crippen molar-refractivity contribution < 1.29 is 5.11 Å². The van der Waals surface area contributed by atoms with E-state index in [0.29, 0.717) is 0 Å². The molecule has 0 rings (SSSR count). The van der Waals surface area contributed by atoms with E-state index < -0.39 is 11.9 Å². The molecule has 0 amide bonds. The molecule has 4 nitrogen and oxygen atoms in total. The number of rotatable bonds is 1. The minimum absolute atomic E-state index is 0. The Labute approximate surface area is 89.6 Å². The number of nitrogens with one attached hydrogen (secondary N) is 1. The first kappa shape index (κ1) is 11.4. The fourth-order valence-corrected chi connectivity index (χ4v) is 0.0695. The van der Waals surface area contributed by atoms with Gasteiger partial charge in [-0.05, 0) is 0 Å². The van der Waals surface area contributed by atoms with Crippen LogP contribution in [0.15, 0.2) is 0 Å². The van der Waals surface area contributed by atoms with Gasteiger partial charge >= 0.3 is 51.4 Å². The molecule has 0 aliphatic rings. The van der Waals surface area contributed by atoms with E-state index >= 15 is 0 Å². The molecule has 0 aromatic heterocycles. The summed E-state index contributed by atoms with van der Waals surface area (Å²) in [4.78, 5) is 0. The first-order valence-corrected chi connectivity index (χ1v) is 1.60. The summed E-state index contributed by atoms with van der Waals surface area (Å²) in [5.41, 5.74) is 4.66. The average Bonchev–Trinajstić information content (AvgIpc) is 1.65. The van der Waals surface area contributed by atoms with Crippen LogP contribution in [-0.4, -0.2) is 68.4 Å². The Balaban J connectivity index is 0. The van der Waals surface area contributed by atoms with Crippen LogP contribution in [0.25, 0.3) is 0 Å². The topological polar surface area (TPSA) is 93.9 Å². The number of hydrogen-bond donors (Lipinski definition) is 3. The first-order chi connectivity index (χ1) is 3.18. The van der Waals surface area contributed by atoms with E-state index in [1.54, 1.807) is 0 Å². The van der Waals surface area contributed by atoms with Crippen molar-refractivity contribution in [2.24, 2.45) is 5.73 Å². The second-order valence-corrected chi connectivity index (χ2v) is 0.987. The molecular formula is C3H6KN3O. The average molecular weight is 139 g/mol. The van der Waals surface area contributed by atoms with Crippen molar-refractivity contribution in [1.82, 2.24) is 0 Å². The Kier molecular flexibility index (Phi) is 8.08. The molecule has 0 spiro atoms. The zero-order valence-electron chi connectivity index (χ0n) is 3.55. The maximum absolute atomic E-state index is 8.22. The molecule has 0 saturated carbocycles. The van der Waals surface area contributed by atoms with Crippen molar-refractivity contribution in [3.8, 4) is 6.07 Å². The Morgan fingerprint density at radius 2 is 2.25 bits per heavy atom. The van der Waals surface area contributed by atoms with Crippen LogP contribution in [0.4, 0.5) is 0 Å². The molecule has 0 aromatic carbocycles. The van der Waals surface area contributed by atoms with E-state index in [9.17, 15) is 0 Å². The Hall–Kier alpha value is 0.556. The predicted octanol–water partition coefficient (Wildman–Crippen LogP) is -1.84. The number of nitrogens with two attached hydrogens (primary N) is 1. The summed E-state index contributed by atoms with van der Waals surface area (Å²) in [6, 6.07) is 1.37. The molecule has 1 unspecified atom stereocenters. The van der Waals surface area contributed by atoms with Gasteiger partial charge < -0.3 is 10.8 Å². The molecule has 4 N–H and O–H groups in total. The standard InChI is InChI=1S/C3H5N3O.K.H/c4-1-2(7)3(5)6;;/h2,7H,(H3,5,6);;. The van der Waals surface area contributed by atoms with Crippen molar-refractivity contribution in [3.05, 3.63) is 0 Å². The van der Waals surface area contributed by atoms with Gasteiger partial charge in [-0.3, -0.25) is 5.41 Å². The van der Waals surface area contributed by atoms with Crippen LogP contribution in [0.2, 0.25) is 0 Å². The van der Waals surface area contributed by atoms with Crippen molar-refractivity contribution in [3.63, 3.8) is 0 Å². The molecule has 0 aliphatic carbocycles. The summed E-state index contributed by atoms with van der Waals surface area (Å²) < 4.78 is 0. The van der Waals surface area contributed by atoms with Crippen LogP contribution in [-0.2, 0) is 0 Å². The van der Waals surface area contributed by atoms with Gasteiger partial charge in [0.2, 0.25) is 0 Å². The molecule has 0 saturated heterocycles. The maximum atomic E-state index is 8.22. The van der Waals surface area contributed by atoms with Crippen LogP contribution in [0.1, 0.15) is 0 Å². The molecule has 5 heteroatoms. The number of amidine groups is 1. The number of aliphatic hydroxyl groups is 1. The summed E-state index contributed by atoms with van der Waals surface area (Å²) in [6.45, 7) is 0. The van der Waals surface area contributed by atoms with E-state index in [1.165, 1.54) is 6.07 Å². The van der Waals surface area contributed by atoms with Gasteiger partial charge in [0, 0.05) is 0 Å². The SMILES string of the molecule is N#CC(O)C(=N)N.[KH]. The van der Waals surface area contributed by atoms with Crippen molar-refractivity contribution in [2.75, 3.05) is 0 Å². The number of nitriles is 1. The van der Waals surface area contributed by atoms with Gasteiger partial charge in [-0.25, -0.2) is 0 Å². The third kappa shape index (κ3) is 4.71. The van der Waals surface area contributed by atoms with Crippen LogP contribution in [0, 0.1) is 16.7 Å². The molecule has 0 aromatic rings. The van der Waals surface area contributed by atoms with Crippen molar-refractivity contribution in [1.29, 1.82) is 10.7 Å². The van der Waals surface area contributed by atoms with Gasteiger partial charge in [-0.1, -0.05) is 0 Å². The van der Waals surface area contributed by atoms with Crippen LogP contribution < -0.4 is 5.73 Å². The summed E-state index contributed by atoms with van der Waals surface area (Å²) in [5, 5.41) is 22.4. The predicted molar refractivity (Wildman–Crippen MR) is 30.7 cm³/mol. The molecule has 0 heterocycles. The summed E-state index contributed by atoms with van der Waals surface area (Å²) >= 11 is 0. The fraction of sp³-hybridized carbons (Fsp3) is 0.333. The van der Waals surface area contributed by atoms with E-state index in [0.717, 1.165) is 0 Å². The Morgan fingerprint density at radius 3 is 2.25 bits per heavy atom. The van der Waals surface area contributed by atoms with E-state index in [1.807, 2.05) is 0 Å². The third-order valence-electron chi connectivity index (χ3n) is 0.417. The van der Waals surface area contributed by atoms with Crippen LogP contribution in [0.3, 0.4) is 0 Å². The zero-order valence-corrected chi connectivity index (χ0v) is 3.55. The molecule has 0 aliphatic heterocycles. The number of nitrogens with zero attached hydrogens (tertiary/aromatic N) is 1. The van der Waals surface area contributed by atoms with Gasteiger partial charge in [-0.15, -0.1) is 0 Å². The first-order valence-electron chi connectivity index (χ1n) is 1.60. The van der Waals surface area contributed by atoms with Gasteiger partial charge in [-0.2, -0.15) is 5.26 Å². The molecule has 0 fully saturated rings. The quantitative estimate of drug-likeness (QED) is 0.172. The molecule has 0 radical (unpaired) electrons. The van der Waals surface area contributed by atoms with Gasteiger partial charge in [0.15, 0.2) is 6.10 Å². The van der Waals surface area contributed by atoms with Crippen LogP contribution in [0.5, 0.6) is 0 Å². The second kappa shape index (κ2) is 5.69. The molecular weight excluding hydrogens is 133 g/mol. The van der Waals surface area contributed by atoms with Crippen molar-refractivity contribution in [2.45, 2.75) is 6.10 Å². The van der Waals surface area contributed by atoms with Gasteiger partial charge in [0.1, 0.15) is 11.9 Å². The van der Waals surface area contributed by atoms with E-state index in [2.05, 4.69) is 5.73 Å². The fourth-order valence-electron chi connectivity index (χ4n) is 0.0695. The molecule has 1 atom stereocenters. The summed E-state index contributed by atoms with van der Waals surface area (Å²) in [7, 11) is 0.